The summed E-state index contributed by atoms with van der Waals surface area (Å²) in [7, 11) is 0. The van der Waals surface area contributed by atoms with Crippen LogP contribution in [0.15, 0.2) is 29.4 Å². The molecule has 1 aromatic heterocycles. The monoisotopic (exact) mass is 293 g/mol. The molecular weight excluding hydrogens is 278 g/mol. The molecule has 8 heteroatoms. The summed E-state index contributed by atoms with van der Waals surface area (Å²) in [6.45, 7) is 6.00. The average molecular weight is 293 g/mol. The smallest absolute Gasteiger partial charge is 0.258 e. The van der Waals surface area contributed by atoms with Crippen LogP contribution in [0.4, 0.5) is 5.69 Å². The molecule has 0 N–H and O–H groups in total. The lowest BCUT2D eigenvalue weighted by Gasteiger charge is -2.19. The summed E-state index contributed by atoms with van der Waals surface area (Å²) in [4.78, 5) is 10.6. The molecule has 1 aromatic carbocycles. The van der Waals surface area contributed by atoms with E-state index in [1.165, 1.54) is 17.8 Å². The molecule has 0 fully saturated rings. The zero-order valence-electron chi connectivity index (χ0n) is 11.5. The molecule has 0 unspecified atom stereocenters. The number of tetrazole rings is 1. The lowest BCUT2D eigenvalue weighted by atomic mass is 10.1. The Labute approximate surface area is 120 Å². The van der Waals surface area contributed by atoms with Crippen LogP contribution in [0.3, 0.4) is 0 Å². The van der Waals surface area contributed by atoms with E-state index in [0.717, 1.165) is 0 Å². The first-order chi connectivity index (χ1) is 9.39. The molecule has 0 radical (unpaired) electrons. The molecule has 2 aromatic rings. The Kier molecular flexibility index (Phi) is 4.03. The van der Waals surface area contributed by atoms with Gasteiger partial charge < -0.3 is 0 Å². The average Bonchev–Trinajstić information content (AvgIpc) is 2.84. The van der Waals surface area contributed by atoms with Gasteiger partial charge in [-0.15, -0.1) is 5.10 Å². The van der Waals surface area contributed by atoms with Gasteiger partial charge >= 0.3 is 0 Å². The normalized spacial score (nSPS) is 11.6. The minimum absolute atomic E-state index is 0.120. The van der Waals surface area contributed by atoms with Crippen LogP contribution in [0.2, 0.25) is 0 Å². The third kappa shape index (κ3) is 3.13. The first-order valence-corrected chi connectivity index (χ1v) is 7.02. The number of aromatic nitrogens is 4. The zero-order chi connectivity index (χ0) is 14.8. The summed E-state index contributed by atoms with van der Waals surface area (Å²) in [6.07, 6.45) is 0. The zero-order valence-corrected chi connectivity index (χ0v) is 12.3. The largest absolute Gasteiger partial charge is 0.273 e. The number of para-hydroxylation sites is 1. The second kappa shape index (κ2) is 5.58. The highest BCUT2D eigenvalue weighted by Crippen LogP contribution is 2.28. The highest BCUT2D eigenvalue weighted by atomic mass is 32.2. The molecule has 0 aliphatic heterocycles. The number of benzene rings is 1. The molecule has 0 saturated carbocycles. The highest BCUT2D eigenvalue weighted by molar-refractivity contribution is 7.98. The predicted molar refractivity (Wildman–Crippen MR) is 75.5 cm³/mol. The fraction of sp³-hybridized carbons (Fsp3) is 0.417. The molecule has 0 bridgehead atoms. The number of nitro groups is 1. The van der Waals surface area contributed by atoms with Crippen molar-refractivity contribution >= 4 is 17.4 Å². The van der Waals surface area contributed by atoms with Crippen molar-refractivity contribution in [1.29, 1.82) is 0 Å². The van der Waals surface area contributed by atoms with E-state index in [2.05, 4.69) is 15.5 Å². The lowest BCUT2D eigenvalue weighted by Crippen LogP contribution is -2.24. The van der Waals surface area contributed by atoms with Crippen LogP contribution in [0.25, 0.3) is 0 Å². The van der Waals surface area contributed by atoms with Gasteiger partial charge in [-0.3, -0.25) is 10.1 Å². The molecule has 0 spiro atoms. The molecule has 0 saturated heterocycles. The van der Waals surface area contributed by atoms with Crippen molar-refractivity contribution in [3.05, 3.63) is 39.9 Å². The lowest BCUT2D eigenvalue weighted by molar-refractivity contribution is -0.385. The first kappa shape index (κ1) is 14.4. The van der Waals surface area contributed by atoms with Crippen molar-refractivity contribution in [2.24, 2.45) is 0 Å². The second-order valence-corrected chi connectivity index (χ2v) is 6.16. The molecule has 0 amide bonds. The standard InChI is InChI=1S/C12H15N5O2S/c1-12(2,3)16-11(13-14-15-16)20-8-9-6-4-5-7-10(9)17(18)19/h4-7H,8H2,1-3H3. The van der Waals surface area contributed by atoms with Gasteiger partial charge in [-0.05, 0) is 31.2 Å². The van der Waals surface area contributed by atoms with E-state index in [4.69, 9.17) is 0 Å². The van der Waals surface area contributed by atoms with Gasteiger partial charge in [-0.25, -0.2) is 4.68 Å². The number of nitro benzene ring substituents is 1. The fourth-order valence-corrected chi connectivity index (χ4v) is 2.70. The van der Waals surface area contributed by atoms with Crippen molar-refractivity contribution in [3.63, 3.8) is 0 Å². The molecule has 7 nitrogen and oxygen atoms in total. The van der Waals surface area contributed by atoms with Gasteiger partial charge in [0, 0.05) is 17.4 Å². The Morgan fingerprint density at radius 2 is 2.05 bits per heavy atom. The van der Waals surface area contributed by atoms with Gasteiger partial charge in [0.15, 0.2) is 0 Å². The quantitative estimate of drug-likeness (QED) is 0.489. The fourth-order valence-electron chi connectivity index (χ4n) is 1.64. The molecular formula is C12H15N5O2S. The Morgan fingerprint density at radius 1 is 1.35 bits per heavy atom. The summed E-state index contributed by atoms with van der Waals surface area (Å²) in [6, 6.07) is 6.69. The van der Waals surface area contributed by atoms with Crippen LogP contribution in [0.1, 0.15) is 26.3 Å². The van der Waals surface area contributed by atoms with Crippen LogP contribution >= 0.6 is 11.8 Å². The highest BCUT2D eigenvalue weighted by Gasteiger charge is 2.21. The summed E-state index contributed by atoms with van der Waals surface area (Å²) < 4.78 is 1.71. The molecule has 0 atom stereocenters. The van der Waals surface area contributed by atoms with Crippen molar-refractivity contribution < 1.29 is 4.92 Å². The van der Waals surface area contributed by atoms with Crippen LogP contribution in [-0.4, -0.2) is 25.1 Å². The number of thioether (sulfide) groups is 1. The van der Waals surface area contributed by atoms with Gasteiger partial charge in [0.1, 0.15) is 0 Å². The van der Waals surface area contributed by atoms with E-state index in [9.17, 15) is 10.1 Å². The Balaban J connectivity index is 2.18. The van der Waals surface area contributed by atoms with Crippen molar-refractivity contribution in [2.45, 2.75) is 37.2 Å². The summed E-state index contributed by atoms with van der Waals surface area (Å²) in [5.41, 5.74) is 0.551. The van der Waals surface area contributed by atoms with Gasteiger partial charge in [0.25, 0.3) is 5.69 Å². The molecule has 20 heavy (non-hydrogen) atoms. The number of nitrogens with zero attached hydrogens (tertiary/aromatic N) is 5. The predicted octanol–water partition coefficient (Wildman–Crippen LogP) is 2.63. The Bertz CT molecular complexity index is 620. The Hall–Kier alpha value is -1.96. The van der Waals surface area contributed by atoms with Crippen LogP contribution in [0, 0.1) is 10.1 Å². The van der Waals surface area contributed by atoms with Gasteiger partial charge in [-0.1, -0.05) is 30.0 Å². The summed E-state index contributed by atoms with van der Waals surface area (Å²) >= 11 is 1.39. The minimum atomic E-state index is -0.372. The van der Waals surface area contributed by atoms with Crippen molar-refractivity contribution in [2.75, 3.05) is 0 Å². The second-order valence-electron chi connectivity index (χ2n) is 5.22. The Morgan fingerprint density at radius 3 is 2.70 bits per heavy atom. The van der Waals surface area contributed by atoms with E-state index in [0.29, 0.717) is 16.5 Å². The molecule has 0 aliphatic rings. The topological polar surface area (TPSA) is 86.7 Å². The molecule has 2 rings (SSSR count). The van der Waals surface area contributed by atoms with Crippen LogP contribution in [0.5, 0.6) is 0 Å². The summed E-state index contributed by atoms with van der Waals surface area (Å²) in [5, 5.41) is 23.2. The van der Waals surface area contributed by atoms with Crippen LogP contribution < -0.4 is 0 Å². The van der Waals surface area contributed by atoms with E-state index >= 15 is 0 Å². The summed E-state index contributed by atoms with van der Waals surface area (Å²) in [5.74, 6) is 0.452. The van der Waals surface area contributed by atoms with Crippen molar-refractivity contribution in [1.82, 2.24) is 20.2 Å². The molecule has 1 heterocycles. The first-order valence-electron chi connectivity index (χ1n) is 6.03. The number of hydrogen-bond acceptors (Lipinski definition) is 6. The van der Waals surface area contributed by atoms with E-state index in [1.54, 1.807) is 22.9 Å². The van der Waals surface area contributed by atoms with Crippen molar-refractivity contribution in [3.8, 4) is 0 Å². The minimum Gasteiger partial charge on any atom is -0.258 e. The third-order valence-corrected chi connectivity index (χ3v) is 3.59. The maximum absolute atomic E-state index is 11.0. The van der Waals surface area contributed by atoms with E-state index in [-0.39, 0.29) is 16.1 Å². The maximum Gasteiger partial charge on any atom is 0.273 e. The third-order valence-electron chi connectivity index (χ3n) is 2.62. The van der Waals surface area contributed by atoms with Gasteiger partial charge in [0.2, 0.25) is 5.16 Å². The van der Waals surface area contributed by atoms with Crippen LogP contribution in [-0.2, 0) is 11.3 Å². The molecule has 106 valence electrons. The maximum atomic E-state index is 11.0. The SMILES string of the molecule is CC(C)(C)n1nnnc1SCc1ccccc1[N+](=O)[O-]. The molecule has 0 aliphatic carbocycles. The van der Waals surface area contributed by atoms with E-state index < -0.39 is 0 Å². The number of rotatable bonds is 4. The van der Waals surface area contributed by atoms with E-state index in [1.807, 2.05) is 20.8 Å². The van der Waals surface area contributed by atoms with Gasteiger partial charge in [0.05, 0.1) is 10.5 Å². The van der Waals surface area contributed by atoms with Gasteiger partial charge in [-0.2, -0.15) is 0 Å². The number of hydrogen-bond donors (Lipinski definition) is 0.